The number of unbranched alkanes of at least 4 members (excludes halogenated alkanes) is 1. The number of benzene rings is 3. The van der Waals surface area contributed by atoms with Crippen molar-refractivity contribution in [3.8, 4) is 17.9 Å². The maximum absolute atomic E-state index is 13.8. The summed E-state index contributed by atoms with van der Waals surface area (Å²) in [5.74, 6) is -5.71. The fourth-order valence-electron chi connectivity index (χ4n) is 6.88. The van der Waals surface area contributed by atoms with E-state index in [-0.39, 0.29) is 107 Å². The van der Waals surface area contributed by atoms with E-state index in [1.807, 2.05) is 54.6 Å². The zero-order valence-electron chi connectivity index (χ0n) is 40.0. The highest BCUT2D eigenvalue weighted by molar-refractivity contribution is 5.91. The third-order valence-electron chi connectivity index (χ3n) is 10.5. The Balaban J connectivity index is 1.65. The average molecular weight is 1000 g/mol. The van der Waals surface area contributed by atoms with Crippen LogP contribution in [0.15, 0.2) is 60.7 Å². The average Bonchev–Trinajstić information content (AvgIpc) is 3.35. The van der Waals surface area contributed by atoms with Gasteiger partial charge in [-0.1, -0.05) is 42.5 Å². The molecule has 0 heterocycles. The number of aliphatic carboxylic acids is 3. The van der Waals surface area contributed by atoms with Crippen LogP contribution in [0.5, 0.6) is 5.75 Å². The van der Waals surface area contributed by atoms with Crippen molar-refractivity contribution in [1.82, 2.24) is 31.5 Å². The second-order valence-corrected chi connectivity index (χ2v) is 16.2. The monoisotopic (exact) mass is 1000 g/mol. The molecule has 72 heavy (non-hydrogen) atoms. The molecule has 23 nitrogen and oxygen atoms in total. The lowest BCUT2D eigenvalue weighted by Gasteiger charge is -2.25. The number of nitrogens with zero attached hydrogens (tertiary/aromatic N) is 3. The molecule has 3 aromatic carbocycles. The molecule has 0 radical (unpaired) electrons. The molecule has 0 unspecified atom stereocenters. The molecule has 0 saturated carbocycles. The van der Waals surface area contributed by atoms with Crippen LogP contribution in [0.2, 0.25) is 0 Å². The molecule has 23 heteroatoms. The van der Waals surface area contributed by atoms with Crippen LogP contribution in [0.4, 0.5) is 4.79 Å². The minimum Gasteiger partial charge on any atom is -0.493 e. The summed E-state index contributed by atoms with van der Waals surface area (Å²) in [6, 6.07) is 16.2. The third-order valence-corrected chi connectivity index (χ3v) is 10.5. The van der Waals surface area contributed by atoms with Crippen molar-refractivity contribution in [2.75, 3.05) is 72.4 Å². The van der Waals surface area contributed by atoms with Crippen molar-refractivity contribution >= 4 is 58.3 Å². The Morgan fingerprint density at radius 2 is 1.26 bits per heavy atom. The van der Waals surface area contributed by atoms with Gasteiger partial charge in [0.25, 0.3) is 0 Å². The van der Waals surface area contributed by atoms with E-state index in [0.29, 0.717) is 19.8 Å². The van der Waals surface area contributed by atoms with E-state index in [4.69, 9.17) is 24.1 Å². The highest BCUT2D eigenvalue weighted by Crippen LogP contribution is 2.18. The second kappa shape index (κ2) is 32.9. The maximum Gasteiger partial charge on any atom is 0.326 e. The standard InChI is InChI=1S/C49H62N8O15/c1-33(58)52-16-20-70-22-24-71-23-21-69-19-14-44(60)57(17-6-18-72-39-27-35(30-50)25-36(28-39)31-51)32-43(59)54-42(29-34-10-11-37-7-2-3-8-38(37)26-34)46(63)53-15-5-4-9-40(47(64)65)55-49(68)56-41(48(66)67)12-13-45(61)62/h2-3,7-8,10-11,25-28,40-42H,4-6,9,12-24,29,32H2,1H3,(H,52,58)(H,53,63)(H,54,59)(H,61,62)(H,64,65)(H,66,67)(H2,55,56,68)/t40-,41-,42-/m0/s1. The van der Waals surface area contributed by atoms with Gasteiger partial charge in [0.05, 0.1) is 82.5 Å². The lowest BCUT2D eigenvalue weighted by molar-refractivity contribution is -0.141. The van der Waals surface area contributed by atoms with Gasteiger partial charge in [-0.05, 0) is 66.6 Å². The first-order valence-corrected chi connectivity index (χ1v) is 23.2. The van der Waals surface area contributed by atoms with Gasteiger partial charge in [-0.25, -0.2) is 14.4 Å². The minimum atomic E-state index is -1.57. The Hall–Kier alpha value is -7.86. The highest BCUT2D eigenvalue weighted by atomic mass is 16.5. The van der Waals surface area contributed by atoms with E-state index >= 15 is 0 Å². The van der Waals surface area contributed by atoms with Crippen molar-refractivity contribution in [1.29, 1.82) is 10.5 Å². The SMILES string of the molecule is CC(=O)NCCOCCOCCOCCC(=O)N(CCCOc1cc(C#N)cc(C#N)c1)CC(=O)N[C@@H](Cc1ccc2ccccc2c1)C(=O)NCCCC[C@H](NC(=O)N[C@@H](CCC(=O)O)C(=O)O)C(=O)O. The number of ether oxygens (including phenoxy) is 4. The van der Waals surface area contributed by atoms with E-state index in [9.17, 15) is 59.1 Å². The predicted molar refractivity (Wildman–Crippen MR) is 256 cm³/mol. The number of urea groups is 1. The number of carbonyl (C=O) groups is 8. The fourth-order valence-corrected chi connectivity index (χ4v) is 6.88. The number of nitrogens with one attached hydrogen (secondary N) is 5. The molecule has 0 aromatic heterocycles. The van der Waals surface area contributed by atoms with Crippen LogP contribution in [-0.2, 0) is 54.2 Å². The fraction of sp³-hybridized carbons (Fsp3) is 0.469. The zero-order chi connectivity index (χ0) is 52.7. The molecule has 3 rings (SSSR count). The van der Waals surface area contributed by atoms with Crippen LogP contribution >= 0.6 is 0 Å². The normalized spacial score (nSPS) is 11.9. The summed E-state index contributed by atoms with van der Waals surface area (Å²) in [6.45, 7) is 2.82. The van der Waals surface area contributed by atoms with E-state index in [1.165, 1.54) is 30.0 Å². The molecule has 0 aliphatic carbocycles. The summed E-state index contributed by atoms with van der Waals surface area (Å²) < 4.78 is 22.2. The maximum atomic E-state index is 13.8. The minimum absolute atomic E-state index is 0.00513. The number of fused-ring (bicyclic) bond motifs is 1. The van der Waals surface area contributed by atoms with Crippen molar-refractivity contribution < 1.29 is 72.6 Å². The lowest BCUT2D eigenvalue weighted by atomic mass is 10.0. The van der Waals surface area contributed by atoms with Crippen molar-refractivity contribution in [2.45, 2.75) is 76.4 Å². The molecule has 3 atom stereocenters. The second-order valence-electron chi connectivity index (χ2n) is 16.2. The first kappa shape index (κ1) is 58.5. The van der Waals surface area contributed by atoms with Crippen molar-refractivity contribution in [3.63, 3.8) is 0 Å². The largest absolute Gasteiger partial charge is 0.493 e. The Labute approximate surface area is 416 Å². The highest BCUT2D eigenvalue weighted by Gasteiger charge is 2.26. The Kier molecular flexibility index (Phi) is 26.7. The van der Waals surface area contributed by atoms with Crippen LogP contribution in [0.1, 0.15) is 68.6 Å². The van der Waals surface area contributed by atoms with Gasteiger partial charge in [-0.3, -0.25) is 24.0 Å². The zero-order valence-corrected chi connectivity index (χ0v) is 40.0. The lowest BCUT2D eigenvalue weighted by Crippen LogP contribution is -2.51. The molecule has 0 saturated heterocycles. The van der Waals surface area contributed by atoms with Gasteiger partial charge in [0, 0.05) is 39.4 Å². The number of hydrogen-bond donors (Lipinski definition) is 8. The van der Waals surface area contributed by atoms with Gasteiger partial charge in [0.2, 0.25) is 23.6 Å². The molecule has 0 bridgehead atoms. The molecule has 3 aromatic rings. The number of carboxylic acids is 3. The molecule has 8 N–H and O–H groups in total. The number of rotatable bonds is 35. The Morgan fingerprint density at radius 1 is 0.639 bits per heavy atom. The topological polar surface area (TPSA) is 345 Å². The van der Waals surface area contributed by atoms with Crippen molar-refractivity contribution in [3.05, 3.63) is 77.4 Å². The number of carboxylic acid groups (broad SMARTS) is 3. The summed E-state index contributed by atoms with van der Waals surface area (Å²) in [4.78, 5) is 100. The van der Waals surface area contributed by atoms with E-state index in [1.54, 1.807) is 0 Å². The number of carbonyl (C=O) groups excluding carboxylic acids is 5. The van der Waals surface area contributed by atoms with Gasteiger partial charge in [0.1, 0.15) is 23.9 Å². The molecule has 0 spiro atoms. The molecule has 0 aliphatic heterocycles. The number of hydrogen-bond acceptors (Lipinski definition) is 14. The third kappa shape index (κ3) is 23.6. The summed E-state index contributed by atoms with van der Waals surface area (Å²) in [5.41, 5.74) is 1.17. The number of nitriles is 2. The molecular formula is C49H62N8O15. The van der Waals surface area contributed by atoms with Crippen LogP contribution in [0, 0.1) is 22.7 Å². The molecule has 388 valence electrons. The quantitative estimate of drug-likeness (QED) is 0.0390. The van der Waals surface area contributed by atoms with Crippen molar-refractivity contribution in [2.24, 2.45) is 0 Å². The molecular weight excluding hydrogens is 941 g/mol. The van der Waals surface area contributed by atoms with E-state index < -0.39 is 79.2 Å². The van der Waals surface area contributed by atoms with Gasteiger partial charge >= 0.3 is 23.9 Å². The first-order chi connectivity index (χ1) is 34.6. The smallest absolute Gasteiger partial charge is 0.326 e. The summed E-state index contributed by atoms with van der Waals surface area (Å²) in [7, 11) is 0. The summed E-state index contributed by atoms with van der Waals surface area (Å²) >= 11 is 0. The van der Waals surface area contributed by atoms with E-state index in [2.05, 4.69) is 26.6 Å². The first-order valence-electron chi connectivity index (χ1n) is 23.2. The summed E-state index contributed by atoms with van der Waals surface area (Å²) in [5, 5.41) is 60.9. The molecule has 6 amide bonds. The van der Waals surface area contributed by atoms with Crippen LogP contribution in [0.3, 0.4) is 0 Å². The predicted octanol–water partition coefficient (Wildman–Crippen LogP) is 1.84. The van der Waals surface area contributed by atoms with Gasteiger partial charge < -0.3 is 65.8 Å². The van der Waals surface area contributed by atoms with Crippen LogP contribution < -0.4 is 31.3 Å². The summed E-state index contributed by atoms with van der Waals surface area (Å²) in [6.07, 6.45) is -0.473. The van der Waals surface area contributed by atoms with E-state index in [0.717, 1.165) is 16.3 Å². The van der Waals surface area contributed by atoms with Gasteiger partial charge in [-0.2, -0.15) is 10.5 Å². The Morgan fingerprint density at radius 3 is 1.89 bits per heavy atom. The van der Waals surface area contributed by atoms with Crippen LogP contribution in [-0.4, -0.2) is 158 Å². The number of amides is 6. The molecule has 0 fully saturated rings. The Bertz CT molecular complexity index is 2350. The van der Waals surface area contributed by atoms with Crippen LogP contribution in [0.25, 0.3) is 10.8 Å². The van der Waals surface area contributed by atoms with Gasteiger partial charge in [0.15, 0.2) is 0 Å². The van der Waals surface area contributed by atoms with Gasteiger partial charge in [-0.15, -0.1) is 0 Å². The molecule has 0 aliphatic rings.